The topological polar surface area (TPSA) is 15.3 Å². The average Bonchev–Trinajstić information content (AvgIpc) is 2.36. The van der Waals surface area contributed by atoms with E-state index in [1.165, 1.54) is 64.6 Å². The summed E-state index contributed by atoms with van der Waals surface area (Å²) in [6.45, 7) is 8.60. The van der Waals surface area contributed by atoms with Crippen LogP contribution in [0.3, 0.4) is 0 Å². The highest BCUT2D eigenvalue weighted by molar-refractivity contribution is 4.81. The summed E-state index contributed by atoms with van der Waals surface area (Å²) in [5, 5.41) is 3.89. The molecule has 1 aliphatic heterocycles. The number of rotatable bonds is 5. The van der Waals surface area contributed by atoms with Crippen molar-refractivity contribution in [3.05, 3.63) is 0 Å². The van der Waals surface area contributed by atoms with Crippen molar-refractivity contribution in [2.24, 2.45) is 17.8 Å². The minimum atomic E-state index is 0.810. The minimum absolute atomic E-state index is 0.810. The lowest BCUT2D eigenvalue weighted by Gasteiger charge is -2.34. The fourth-order valence-electron chi connectivity index (χ4n) is 4.13. The molecule has 0 amide bonds. The predicted octanol–water partition coefficient (Wildman–Crippen LogP) is 3.52. The smallest absolute Gasteiger partial charge is 0.00698 e. The number of nitrogens with one attached hydrogen (secondary N) is 1. The van der Waals surface area contributed by atoms with Gasteiger partial charge in [-0.15, -0.1) is 0 Å². The summed E-state index contributed by atoms with van der Waals surface area (Å²) in [6.07, 6.45) is 10.0. The van der Waals surface area contributed by atoms with Crippen LogP contribution < -0.4 is 5.32 Å². The summed E-state index contributed by atoms with van der Waals surface area (Å²) in [6, 6.07) is 0.810. The van der Waals surface area contributed by atoms with Gasteiger partial charge in [-0.2, -0.15) is 0 Å². The highest BCUT2D eigenvalue weighted by Crippen LogP contribution is 2.29. The third-order valence-electron chi connectivity index (χ3n) is 5.00. The molecule has 2 nitrogen and oxygen atoms in total. The van der Waals surface area contributed by atoms with Gasteiger partial charge < -0.3 is 10.2 Å². The summed E-state index contributed by atoms with van der Waals surface area (Å²) in [5.74, 6) is 2.75. The lowest BCUT2D eigenvalue weighted by molar-refractivity contribution is 0.190. The fraction of sp³-hybridized carbons (Fsp3) is 1.00. The van der Waals surface area contributed by atoms with Gasteiger partial charge in [-0.05, 0) is 70.0 Å². The Bertz CT molecular complexity index is 252. The molecule has 1 N–H and O–H groups in total. The lowest BCUT2D eigenvalue weighted by atomic mass is 9.81. The Balaban J connectivity index is 1.67. The van der Waals surface area contributed by atoms with E-state index in [-0.39, 0.29) is 0 Å². The van der Waals surface area contributed by atoms with Gasteiger partial charge in [0.25, 0.3) is 0 Å². The summed E-state index contributed by atoms with van der Waals surface area (Å²) >= 11 is 0. The molecule has 2 rings (SSSR count). The highest BCUT2D eigenvalue weighted by atomic mass is 15.1. The molecule has 3 atom stereocenters. The van der Waals surface area contributed by atoms with E-state index in [2.05, 4.69) is 31.1 Å². The van der Waals surface area contributed by atoms with Crippen molar-refractivity contribution in [1.29, 1.82) is 0 Å². The van der Waals surface area contributed by atoms with Crippen LogP contribution in [0.25, 0.3) is 0 Å². The van der Waals surface area contributed by atoms with E-state index in [0.29, 0.717) is 0 Å². The van der Waals surface area contributed by atoms with Crippen molar-refractivity contribution in [3.8, 4) is 0 Å². The Morgan fingerprint density at radius 3 is 2.63 bits per heavy atom. The molecule has 0 radical (unpaired) electrons. The molecule has 0 bridgehead atoms. The number of nitrogens with zero attached hydrogens (tertiary/aromatic N) is 1. The number of hydrogen-bond acceptors (Lipinski definition) is 2. The van der Waals surface area contributed by atoms with E-state index in [1.54, 1.807) is 0 Å². The number of piperidine rings is 1. The van der Waals surface area contributed by atoms with Crippen LogP contribution in [0.15, 0.2) is 0 Å². The Hall–Kier alpha value is -0.0800. The van der Waals surface area contributed by atoms with Crippen LogP contribution in [0, 0.1) is 17.8 Å². The van der Waals surface area contributed by atoms with Crippen molar-refractivity contribution in [1.82, 2.24) is 10.2 Å². The van der Waals surface area contributed by atoms with Crippen molar-refractivity contribution in [2.75, 3.05) is 26.7 Å². The first-order chi connectivity index (χ1) is 9.13. The van der Waals surface area contributed by atoms with Crippen LogP contribution in [-0.2, 0) is 0 Å². The third-order valence-corrected chi connectivity index (χ3v) is 5.00. The molecule has 112 valence electrons. The van der Waals surface area contributed by atoms with Gasteiger partial charge in [-0.25, -0.2) is 0 Å². The van der Waals surface area contributed by atoms with Crippen LogP contribution in [-0.4, -0.2) is 37.6 Å². The van der Waals surface area contributed by atoms with E-state index in [0.717, 1.165) is 23.8 Å². The minimum Gasteiger partial charge on any atom is -0.314 e. The maximum atomic E-state index is 3.89. The monoisotopic (exact) mass is 266 g/mol. The lowest BCUT2D eigenvalue weighted by Crippen LogP contribution is -2.42. The molecule has 0 aromatic rings. The molecular weight excluding hydrogens is 232 g/mol. The van der Waals surface area contributed by atoms with Gasteiger partial charge in [0, 0.05) is 12.6 Å². The molecule has 3 unspecified atom stereocenters. The van der Waals surface area contributed by atoms with Gasteiger partial charge >= 0.3 is 0 Å². The van der Waals surface area contributed by atoms with Gasteiger partial charge in [0.2, 0.25) is 0 Å². The van der Waals surface area contributed by atoms with Crippen LogP contribution in [0.1, 0.15) is 58.8 Å². The first-order valence-corrected chi connectivity index (χ1v) is 8.55. The van der Waals surface area contributed by atoms with Crippen molar-refractivity contribution < 1.29 is 0 Å². The number of hydrogen-bond donors (Lipinski definition) is 1. The molecular formula is C17H34N2. The molecule has 1 aliphatic carbocycles. The average molecular weight is 266 g/mol. The van der Waals surface area contributed by atoms with Crippen LogP contribution in [0.2, 0.25) is 0 Å². The van der Waals surface area contributed by atoms with Crippen LogP contribution in [0.4, 0.5) is 0 Å². The van der Waals surface area contributed by atoms with Crippen molar-refractivity contribution >= 4 is 0 Å². The summed E-state index contributed by atoms with van der Waals surface area (Å²) in [7, 11) is 2.27. The standard InChI is InChI=1S/C17H34N2/c1-14(2)10-15-6-4-8-17(11-15)18-12-16-7-5-9-19(3)13-16/h14-18H,4-13H2,1-3H3. The first-order valence-electron chi connectivity index (χ1n) is 8.55. The second-order valence-electron chi connectivity index (χ2n) is 7.54. The zero-order valence-corrected chi connectivity index (χ0v) is 13.3. The van der Waals surface area contributed by atoms with E-state index in [9.17, 15) is 0 Å². The molecule has 2 fully saturated rings. The fourth-order valence-corrected chi connectivity index (χ4v) is 4.13. The first kappa shape index (κ1) is 15.3. The molecule has 0 aromatic heterocycles. The molecule has 1 saturated heterocycles. The molecule has 1 heterocycles. The SMILES string of the molecule is CC(C)CC1CCCC(NCC2CCCN(C)C2)C1. The zero-order chi connectivity index (χ0) is 13.7. The Morgan fingerprint density at radius 1 is 1.11 bits per heavy atom. The number of likely N-dealkylation sites (tertiary alicyclic amines) is 1. The van der Waals surface area contributed by atoms with Crippen LogP contribution in [0.5, 0.6) is 0 Å². The second-order valence-corrected chi connectivity index (χ2v) is 7.54. The quantitative estimate of drug-likeness (QED) is 0.819. The molecule has 0 aromatic carbocycles. The molecule has 19 heavy (non-hydrogen) atoms. The van der Waals surface area contributed by atoms with E-state index >= 15 is 0 Å². The largest absolute Gasteiger partial charge is 0.314 e. The van der Waals surface area contributed by atoms with Gasteiger partial charge in [0.15, 0.2) is 0 Å². The summed E-state index contributed by atoms with van der Waals surface area (Å²) in [5.41, 5.74) is 0. The van der Waals surface area contributed by atoms with E-state index in [4.69, 9.17) is 0 Å². The molecule has 2 aliphatic rings. The van der Waals surface area contributed by atoms with Gasteiger partial charge in [-0.1, -0.05) is 26.7 Å². The Morgan fingerprint density at radius 2 is 1.89 bits per heavy atom. The molecule has 2 heteroatoms. The Labute approximate surface area is 120 Å². The van der Waals surface area contributed by atoms with E-state index < -0.39 is 0 Å². The maximum absolute atomic E-state index is 3.89. The Kier molecular flexibility index (Phi) is 6.15. The third kappa shape index (κ3) is 5.43. The van der Waals surface area contributed by atoms with Crippen LogP contribution >= 0.6 is 0 Å². The second kappa shape index (κ2) is 7.64. The molecule has 0 spiro atoms. The van der Waals surface area contributed by atoms with Gasteiger partial charge in [0.1, 0.15) is 0 Å². The normalized spacial score (nSPS) is 33.8. The van der Waals surface area contributed by atoms with Crippen molar-refractivity contribution in [2.45, 2.75) is 64.8 Å². The highest BCUT2D eigenvalue weighted by Gasteiger charge is 2.24. The molecule has 1 saturated carbocycles. The summed E-state index contributed by atoms with van der Waals surface area (Å²) in [4.78, 5) is 2.50. The zero-order valence-electron chi connectivity index (χ0n) is 13.3. The van der Waals surface area contributed by atoms with E-state index in [1.807, 2.05) is 0 Å². The maximum Gasteiger partial charge on any atom is 0.00698 e. The van der Waals surface area contributed by atoms with Crippen molar-refractivity contribution in [3.63, 3.8) is 0 Å². The van der Waals surface area contributed by atoms with Gasteiger partial charge in [-0.3, -0.25) is 0 Å². The predicted molar refractivity (Wildman–Crippen MR) is 83.4 cm³/mol. The van der Waals surface area contributed by atoms with Gasteiger partial charge in [0.05, 0.1) is 0 Å². The summed E-state index contributed by atoms with van der Waals surface area (Å²) < 4.78 is 0.